The van der Waals surface area contributed by atoms with E-state index >= 15 is 0 Å². The number of amides is 1. The summed E-state index contributed by atoms with van der Waals surface area (Å²) in [6.07, 6.45) is -3.64. The molecule has 27 heavy (non-hydrogen) atoms. The SMILES string of the molecule is CC(Cc1cccc(F)c1)C(=O)OCC(=O)NCCCN(C)CC(F)(F)F. The Kier molecular flexibility index (Phi) is 9.20. The summed E-state index contributed by atoms with van der Waals surface area (Å²) in [4.78, 5) is 24.6. The summed E-state index contributed by atoms with van der Waals surface area (Å²) in [5.41, 5.74) is 0.645. The first-order valence-corrected chi connectivity index (χ1v) is 8.50. The van der Waals surface area contributed by atoms with Crippen molar-refractivity contribution in [2.24, 2.45) is 5.92 Å². The van der Waals surface area contributed by atoms with Crippen molar-refractivity contribution < 1.29 is 31.9 Å². The van der Waals surface area contributed by atoms with E-state index in [4.69, 9.17) is 4.74 Å². The lowest BCUT2D eigenvalue weighted by Crippen LogP contribution is -2.35. The molecule has 0 aliphatic heterocycles. The summed E-state index contributed by atoms with van der Waals surface area (Å²) in [5.74, 6) is -2.05. The maximum atomic E-state index is 13.1. The van der Waals surface area contributed by atoms with Gasteiger partial charge in [-0.3, -0.25) is 14.5 Å². The number of nitrogens with zero attached hydrogens (tertiary/aromatic N) is 1. The monoisotopic (exact) mass is 392 g/mol. The van der Waals surface area contributed by atoms with Crippen molar-refractivity contribution >= 4 is 11.9 Å². The van der Waals surface area contributed by atoms with Gasteiger partial charge in [-0.05, 0) is 44.1 Å². The van der Waals surface area contributed by atoms with Crippen molar-refractivity contribution in [3.8, 4) is 0 Å². The highest BCUT2D eigenvalue weighted by atomic mass is 19.4. The third-order valence-electron chi connectivity index (χ3n) is 3.67. The fourth-order valence-corrected chi connectivity index (χ4v) is 2.39. The topological polar surface area (TPSA) is 58.6 Å². The molecule has 152 valence electrons. The molecule has 0 aliphatic rings. The third kappa shape index (κ3) is 10.5. The second kappa shape index (κ2) is 10.9. The number of esters is 1. The lowest BCUT2D eigenvalue weighted by molar-refractivity contribution is -0.152. The van der Waals surface area contributed by atoms with Gasteiger partial charge in [-0.25, -0.2) is 4.39 Å². The molecule has 1 aromatic rings. The predicted molar refractivity (Wildman–Crippen MR) is 91.4 cm³/mol. The van der Waals surface area contributed by atoms with Crippen molar-refractivity contribution in [2.45, 2.75) is 25.9 Å². The number of rotatable bonds is 10. The summed E-state index contributed by atoms with van der Waals surface area (Å²) in [6.45, 7) is 0.482. The molecule has 0 saturated carbocycles. The standard InChI is InChI=1S/C18H24F4N2O3/c1-13(9-14-5-3-6-15(19)10-14)17(26)27-11-16(25)23-7-4-8-24(2)12-18(20,21)22/h3,5-6,10,13H,4,7-9,11-12H2,1-2H3,(H,23,25). The molecule has 0 saturated heterocycles. The zero-order valence-corrected chi connectivity index (χ0v) is 15.3. The Morgan fingerprint density at radius 3 is 2.63 bits per heavy atom. The van der Waals surface area contributed by atoms with Gasteiger partial charge in [0, 0.05) is 6.54 Å². The molecule has 1 amide bonds. The molecule has 0 aromatic heterocycles. The van der Waals surface area contributed by atoms with Gasteiger partial charge in [0.2, 0.25) is 0 Å². The van der Waals surface area contributed by atoms with E-state index < -0.39 is 42.9 Å². The molecule has 9 heteroatoms. The molecule has 0 spiro atoms. The van der Waals surface area contributed by atoms with Crippen LogP contribution in [0.25, 0.3) is 0 Å². The van der Waals surface area contributed by atoms with Crippen LogP contribution in [-0.2, 0) is 20.7 Å². The molecule has 0 bridgehead atoms. The Morgan fingerprint density at radius 1 is 1.30 bits per heavy atom. The summed E-state index contributed by atoms with van der Waals surface area (Å²) >= 11 is 0. The second-order valence-corrected chi connectivity index (χ2v) is 6.40. The number of nitrogens with one attached hydrogen (secondary N) is 1. The quantitative estimate of drug-likeness (QED) is 0.378. The number of carbonyl (C=O) groups excluding carboxylic acids is 2. The van der Waals surface area contributed by atoms with Crippen LogP contribution < -0.4 is 5.32 Å². The fraction of sp³-hybridized carbons (Fsp3) is 0.556. The van der Waals surface area contributed by atoms with Crippen LogP contribution in [0, 0.1) is 11.7 Å². The first kappa shape index (κ1) is 22.9. The highest BCUT2D eigenvalue weighted by Crippen LogP contribution is 2.15. The van der Waals surface area contributed by atoms with Crippen LogP contribution in [0.2, 0.25) is 0 Å². The van der Waals surface area contributed by atoms with Gasteiger partial charge in [0.1, 0.15) is 5.82 Å². The molecule has 0 fully saturated rings. The maximum Gasteiger partial charge on any atom is 0.401 e. The van der Waals surface area contributed by atoms with Gasteiger partial charge in [-0.15, -0.1) is 0 Å². The molecular formula is C18H24F4N2O3. The summed E-state index contributed by atoms with van der Waals surface area (Å²) in [5, 5.41) is 2.48. The van der Waals surface area contributed by atoms with E-state index in [2.05, 4.69) is 5.32 Å². The average Bonchev–Trinajstić information content (AvgIpc) is 2.55. The molecule has 0 heterocycles. The van der Waals surface area contributed by atoms with Crippen LogP contribution >= 0.6 is 0 Å². The summed E-state index contributed by atoms with van der Waals surface area (Å²) in [7, 11) is 1.34. The van der Waals surface area contributed by atoms with Crippen molar-refractivity contribution in [3.05, 3.63) is 35.6 Å². The lowest BCUT2D eigenvalue weighted by atomic mass is 10.0. The Morgan fingerprint density at radius 2 is 2.00 bits per heavy atom. The van der Waals surface area contributed by atoms with Crippen LogP contribution in [0.5, 0.6) is 0 Å². The van der Waals surface area contributed by atoms with Gasteiger partial charge in [-0.1, -0.05) is 19.1 Å². The molecule has 1 atom stereocenters. The van der Waals surface area contributed by atoms with E-state index in [1.807, 2.05) is 0 Å². The summed E-state index contributed by atoms with van der Waals surface area (Å²) in [6, 6.07) is 5.86. The zero-order valence-electron chi connectivity index (χ0n) is 15.3. The molecule has 1 aromatic carbocycles. The van der Waals surface area contributed by atoms with E-state index in [0.29, 0.717) is 12.0 Å². The van der Waals surface area contributed by atoms with Crippen molar-refractivity contribution in [1.82, 2.24) is 10.2 Å². The number of ether oxygens (including phenoxy) is 1. The normalized spacial score (nSPS) is 12.7. The second-order valence-electron chi connectivity index (χ2n) is 6.40. The van der Waals surface area contributed by atoms with E-state index in [0.717, 1.165) is 4.90 Å². The predicted octanol–water partition coefficient (Wildman–Crippen LogP) is 2.55. The van der Waals surface area contributed by atoms with Gasteiger partial charge < -0.3 is 10.1 Å². The van der Waals surface area contributed by atoms with Crippen molar-refractivity contribution in [3.63, 3.8) is 0 Å². The Hall–Kier alpha value is -2.16. The van der Waals surface area contributed by atoms with Gasteiger partial charge in [0.25, 0.3) is 5.91 Å². The minimum Gasteiger partial charge on any atom is -0.455 e. The van der Waals surface area contributed by atoms with Crippen LogP contribution in [0.3, 0.4) is 0 Å². The van der Waals surface area contributed by atoms with Crippen LogP contribution in [0.15, 0.2) is 24.3 Å². The van der Waals surface area contributed by atoms with Crippen molar-refractivity contribution in [2.75, 3.05) is 33.3 Å². The van der Waals surface area contributed by atoms with Gasteiger partial charge >= 0.3 is 12.1 Å². The first-order chi connectivity index (χ1) is 12.6. The number of benzene rings is 1. The van der Waals surface area contributed by atoms with Crippen LogP contribution in [-0.4, -0.2) is 56.2 Å². The number of hydrogen-bond donors (Lipinski definition) is 1. The average molecular weight is 392 g/mol. The van der Waals surface area contributed by atoms with E-state index in [1.54, 1.807) is 19.1 Å². The molecule has 1 rings (SSSR count). The first-order valence-electron chi connectivity index (χ1n) is 8.50. The summed E-state index contributed by atoms with van der Waals surface area (Å²) < 4.78 is 54.5. The minimum absolute atomic E-state index is 0.171. The smallest absolute Gasteiger partial charge is 0.401 e. The Labute approximate surface area is 155 Å². The molecule has 0 radical (unpaired) electrons. The number of halogens is 4. The number of alkyl halides is 3. The molecule has 1 N–H and O–H groups in total. The van der Waals surface area contributed by atoms with E-state index in [9.17, 15) is 27.2 Å². The Balaban J connectivity index is 2.20. The molecular weight excluding hydrogens is 368 g/mol. The van der Waals surface area contributed by atoms with Gasteiger partial charge in [-0.2, -0.15) is 13.2 Å². The highest BCUT2D eigenvalue weighted by Gasteiger charge is 2.28. The Bertz CT molecular complexity index is 623. The van der Waals surface area contributed by atoms with Gasteiger partial charge in [0.05, 0.1) is 12.5 Å². The maximum absolute atomic E-state index is 13.1. The molecule has 0 aliphatic carbocycles. The zero-order chi connectivity index (χ0) is 20.4. The van der Waals surface area contributed by atoms with Crippen LogP contribution in [0.1, 0.15) is 18.9 Å². The van der Waals surface area contributed by atoms with E-state index in [-0.39, 0.29) is 19.5 Å². The minimum atomic E-state index is -4.26. The molecule has 5 nitrogen and oxygen atoms in total. The van der Waals surface area contributed by atoms with Gasteiger partial charge in [0.15, 0.2) is 6.61 Å². The number of hydrogen-bond acceptors (Lipinski definition) is 4. The molecule has 1 unspecified atom stereocenters. The van der Waals surface area contributed by atoms with E-state index in [1.165, 1.54) is 19.2 Å². The fourth-order valence-electron chi connectivity index (χ4n) is 2.39. The number of carbonyl (C=O) groups is 2. The highest BCUT2D eigenvalue weighted by molar-refractivity contribution is 5.81. The van der Waals surface area contributed by atoms with Crippen LogP contribution in [0.4, 0.5) is 17.6 Å². The third-order valence-corrected chi connectivity index (χ3v) is 3.67. The van der Waals surface area contributed by atoms with Crippen molar-refractivity contribution in [1.29, 1.82) is 0 Å². The largest absolute Gasteiger partial charge is 0.455 e. The lowest BCUT2D eigenvalue weighted by Gasteiger charge is -2.18.